The molecular weight excluding hydrogens is 194 g/mol. The Balaban J connectivity index is 3.11. The maximum Gasteiger partial charge on any atom is 0.243 e. The molecule has 1 aromatic heterocycles. The minimum atomic E-state index is 0.365. The molecule has 0 spiro atoms. The number of aromatic nitrogens is 3. The summed E-state index contributed by atoms with van der Waals surface area (Å²) in [6, 6.07) is 0. The van der Waals surface area contributed by atoms with E-state index in [9.17, 15) is 0 Å². The summed E-state index contributed by atoms with van der Waals surface area (Å²) >= 11 is 0. The third-order valence-corrected chi connectivity index (χ3v) is 1.96. The van der Waals surface area contributed by atoms with Crippen molar-refractivity contribution in [2.45, 2.75) is 6.92 Å². The number of nitrogen functional groups attached to an aromatic ring is 1. The molecule has 0 saturated heterocycles. The van der Waals surface area contributed by atoms with Gasteiger partial charge in [0, 0.05) is 27.7 Å². The van der Waals surface area contributed by atoms with E-state index >= 15 is 0 Å². The summed E-state index contributed by atoms with van der Waals surface area (Å²) in [4.78, 5) is 16.3. The van der Waals surface area contributed by atoms with Crippen LogP contribution in [0, 0.1) is 0 Å². The Labute approximate surface area is 89.3 Å². The Morgan fingerprint density at radius 2 is 1.73 bits per heavy atom. The fourth-order valence-corrected chi connectivity index (χ4v) is 0.931. The largest absolute Gasteiger partial charge is 0.347 e. The van der Waals surface area contributed by atoms with Gasteiger partial charge in [-0.1, -0.05) is 0 Å². The molecule has 0 aliphatic rings. The molecule has 3 N–H and O–H groups in total. The molecule has 0 saturated carbocycles. The summed E-state index contributed by atoms with van der Waals surface area (Å²) in [6.45, 7) is 2.84. The van der Waals surface area contributed by atoms with Gasteiger partial charge in [-0.25, -0.2) is 5.84 Å². The third kappa shape index (κ3) is 2.66. The number of hydrogen-bond acceptors (Lipinski definition) is 7. The second-order valence-corrected chi connectivity index (χ2v) is 3.31. The molecule has 84 valence electrons. The zero-order valence-electron chi connectivity index (χ0n) is 9.52. The standard InChI is InChI=1S/C8H17N7/c1-5-15(4)8-11-6(13-9)10-7(12-8)14(2)3/h5,9H2,1-4H3,(H,10,11,12,13). The molecule has 1 aromatic rings. The second-order valence-electron chi connectivity index (χ2n) is 3.31. The first-order valence-electron chi connectivity index (χ1n) is 4.69. The van der Waals surface area contributed by atoms with E-state index in [2.05, 4.69) is 20.4 Å². The van der Waals surface area contributed by atoms with Crippen LogP contribution in [0.1, 0.15) is 6.92 Å². The zero-order valence-corrected chi connectivity index (χ0v) is 9.52. The van der Waals surface area contributed by atoms with Gasteiger partial charge in [-0.3, -0.25) is 5.43 Å². The average Bonchev–Trinajstić information content (AvgIpc) is 2.27. The fourth-order valence-electron chi connectivity index (χ4n) is 0.931. The molecular formula is C8H17N7. The van der Waals surface area contributed by atoms with Crippen molar-refractivity contribution in [2.24, 2.45) is 5.84 Å². The van der Waals surface area contributed by atoms with Crippen molar-refractivity contribution in [1.29, 1.82) is 0 Å². The molecule has 7 heteroatoms. The molecule has 0 aliphatic heterocycles. The van der Waals surface area contributed by atoms with E-state index in [0.29, 0.717) is 17.8 Å². The SMILES string of the molecule is CCN(C)c1nc(NN)nc(N(C)C)n1. The second kappa shape index (κ2) is 4.74. The molecule has 15 heavy (non-hydrogen) atoms. The number of nitrogens with one attached hydrogen (secondary N) is 1. The third-order valence-electron chi connectivity index (χ3n) is 1.96. The lowest BCUT2D eigenvalue weighted by molar-refractivity contribution is 0.866. The number of anilines is 3. The van der Waals surface area contributed by atoms with Crippen LogP contribution in [0.15, 0.2) is 0 Å². The highest BCUT2D eigenvalue weighted by Gasteiger charge is 2.09. The van der Waals surface area contributed by atoms with Gasteiger partial charge in [0.15, 0.2) is 0 Å². The van der Waals surface area contributed by atoms with Gasteiger partial charge < -0.3 is 9.80 Å². The fraction of sp³-hybridized carbons (Fsp3) is 0.625. The van der Waals surface area contributed by atoms with Gasteiger partial charge >= 0.3 is 0 Å². The van der Waals surface area contributed by atoms with Gasteiger partial charge in [-0.05, 0) is 6.92 Å². The van der Waals surface area contributed by atoms with Gasteiger partial charge in [0.05, 0.1) is 0 Å². The monoisotopic (exact) mass is 211 g/mol. The van der Waals surface area contributed by atoms with E-state index in [0.717, 1.165) is 6.54 Å². The number of nitrogens with two attached hydrogens (primary N) is 1. The summed E-state index contributed by atoms with van der Waals surface area (Å²) in [5, 5.41) is 0. The number of nitrogens with zero attached hydrogens (tertiary/aromatic N) is 5. The molecule has 0 bridgehead atoms. The normalized spacial score (nSPS) is 9.93. The molecule has 0 fully saturated rings. The first-order chi connectivity index (χ1) is 7.08. The van der Waals surface area contributed by atoms with Crippen LogP contribution >= 0.6 is 0 Å². The maximum absolute atomic E-state index is 5.29. The summed E-state index contributed by atoms with van der Waals surface area (Å²) < 4.78 is 0. The van der Waals surface area contributed by atoms with Crippen LogP contribution in [0.5, 0.6) is 0 Å². The summed E-state index contributed by atoms with van der Waals surface area (Å²) in [5.41, 5.74) is 2.43. The zero-order chi connectivity index (χ0) is 11.4. The Morgan fingerprint density at radius 1 is 1.13 bits per heavy atom. The molecule has 7 nitrogen and oxygen atoms in total. The van der Waals surface area contributed by atoms with Crippen LogP contribution in [0.2, 0.25) is 0 Å². The maximum atomic E-state index is 5.29. The van der Waals surface area contributed by atoms with E-state index in [1.165, 1.54) is 0 Å². The predicted octanol–water partition coefficient (Wildman–Crippen LogP) is -0.321. The first-order valence-corrected chi connectivity index (χ1v) is 4.69. The van der Waals surface area contributed by atoms with Crippen molar-refractivity contribution in [3.63, 3.8) is 0 Å². The smallest absolute Gasteiger partial charge is 0.243 e. The highest BCUT2D eigenvalue weighted by atomic mass is 15.4. The highest BCUT2D eigenvalue weighted by Crippen LogP contribution is 2.12. The van der Waals surface area contributed by atoms with Gasteiger partial charge in [0.2, 0.25) is 17.8 Å². The molecule has 1 rings (SSSR count). The van der Waals surface area contributed by atoms with Crippen molar-refractivity contribution in [3.05, 3.63) is 0 Å². The molecule has 0 atom stereocenters. The topological polar surface area (TPSA) is 83.2 Å². The van der Waals surface area contributed by atoms with E-state index in [1.807, 2.05) is 33.0 Å². The van der Waals surface area contributed by atoms with Crippen LogP contribution in [0.25, 0.3) is 0 Å². The molecule has 0 aliphatic carbocycles. The average molecular weight is 211 g/mol. The van der Waals surface area contributed by atoms with E-state index < -0.39 is 0 Å². The van der Waals surface area contributed by atoms with E-state index in [4.69, 9.17) is 5.84 Å². The van der Waals surface area contributed by atoms with Crippen molar-refractivity contribution in [2.75, 3.05) is 42.9 Å². The van der Waals surface area contributed by atoms with Gasteiger partial charge in [0.25, 0.3) is 0 Å². The van der Waals surface area contributed by atoms with Crippen LogP contribution in [0.4, 0.5) is 17.8 Å². The van der Waals surface area contributed by atoms with Crippen molar-refractivity contribution in [3.8, 4) is 0 Å². The predicted molar refractivity (Wildman–Crippen MR) is 60.9 cm³/mol. The highest BCUT2D eigenvalue weighted by molar-refractivity contribution is 5.43. The number of hydrazine groups is 1. The molecule has 0 unspecified atom stereocenters. The van der Waals surface area contributed by atoms with Gasteiger partial charge in [0.1, 0.15) is 0 Å². The van der Waals surface area contributed by atoms with Crippen molar-refractivity contribution >= 4 is 17.8 Å². The molecule has 0 amide bonds. The lowest BCUT2D eigenvalue weighted by Crippen LogP contribution is -2.23. The molecule has 1 heterocycles. The van der Waals surface area contributed by atoms with Crippen molar-refractivity contribution < 1.29 is 0 Å². The van der Waals surface area contributed by atoms with Crippen molar-refractivity contribution in [1.82, 2.24) is 15.0 Å². The minimum absolute atomic E-state index is 0.365. The summed E-state index contributed by atoms with van der Waals surface area (Å²) in [5.74, 6) is 6.83. The Hall–Kier alpha value is -1.63. The van der Waals surface area contributed by atoms with E-state index in [-0.39, 0.29) is 0 Å². The number of rotatable bonds is 4. The van der Waals surface area contributed by atoms with Crippen LogP contribution in [0.3, 0.4) is 0 Å². The van der Waals surface area contributed by atoms with Crippen LogP contribution < -0.4 is 21.1 Å². The van der Waals surface area contributed by atoms with Gasteiger partial charge in [-0.15, -0.1) is 0 Å². The Kier molecular flexibility index (Phi) is 3.62. The quantitative estimate of drug-likeness (QED) is 0.521. The number of hydrogen-bond donors (Lipinski definition) is 2. The summed E-state index contributed by atoms with van der Waals surface area (Å²) in [6.07, 6.45) is 0. The van der Waals surface area contributed by atoms with Crippen LogP contribution in [-0.2, 0) is 0 Å². The minimum Gasteiger partial charge on any atom is -0.347 e. The summed E-state index contributed by atoms with van der Waals surface area (Å²) in [7, 11) is 5.64. The molecule has 0 radical (unpaired) electrons. The van der Waals surface area contributed by atoms with Crippen LogP contribution in [-0.4, -0.2) is 42.6 Å². The first kappa shape index (κ1) is 11.4. The lowest BCUT2D eigenvalue weighted by Gasteiger charge is -2.17. The van der Waals surface area contributed by atoms with Gasteiger partial charge in [-0.2, -0.15) is 15.0 Å². The molecule has 0 aromatic carbocycles. The Morgan fingerprint density at radius 3 is 2.20 bits per heavy atom. The Bertz CT molecular complexity index is 325. The van der Waals surface area contributed by atoms with E-state index in [1.54, 1.807) is 4.90 Å². The lowest BCUT2D eigenvalue weighted by atomic mass is 10.6.